The average molecular weight is 215 g/mol. The molecule has 1 aromatic heterocycles. The van der Waals surface area contributed by atoms with Crippen LogP contribution in [0.4, 0.5) is 5.69 Å². The van der Waals surface area contributed by atoms with E-state index in [2.05, 4.69) is 10.3 Å². The third-order valence-electron chi connectivity index (χ3n) is 2.06. The molecule has 0 spiro atoms. The number of benzene rings is 1. The Labute approximate surface area is 93.8 Å². The van der Waals surface area contributed by atoms with Crippen LogP contribution in [0, 0.1) is 0 Å². The smallest absolute Gasteiger partial charge is 0.193 e. The van der Waals surface area contributed by atoms with Gasteiger partial charge in [0.1, 0.15) is 0 Å². The van der Waals surface area contributed by atoms with Crippen molar-refractivity contribution in [3.05, 3.63) is 54.5 Å². The number of para-hydroxylation sites is 1. The van der Waals surface area contributed by atoms with Crippen molar-refractivity contribution < 1.29 is 4.42 Å². The van der Waals surface area contributed by atoms with Crippen molar-refractivity contribution >= 4 is 11.6 Å². The number of rotatable bonds is 3. The van der Waals surface area contributed by atoms with E-state index < -0.39 is 0 Å². The first kappa shape index (κ1) is 10.3. The molecule has 16 heavy (non-hydrogen) atoms. The second-order valence-corrected chi connectivity index (χ2v) is 3.32. The van der Waals surface area contributed by atoms with Gasteiger partial charge in [-0.25, -0.2) is 4.99 Å². The molecule has 4 nitrogen and oxygen atoms in total. The molecule has 1 aromatic carbocycles. The first-order valence-electron chi connectivity index (χ1n) is 4.97. The highest BCUT2D eigenvalue weighted by Crippen LogP contribution is 2.05. The molecule has 2 aromatic rings. The monoisotopic (exact) mass is 215 g/mol. The van der Waals surface area contributed by atoms with E-state index in [4.69, 9.17) is 10.2 Å². The zero-order chi connectivity index (χ0) is 11.2. The van der Waals surface area contributed by atoms with Gasteiger partial charge in [-0.05, 0) is 18.2 Å². The number of guanidine groups is 1. The predicted molar refractivity (Wildman–Crippen MR) is 64.1 cm³/mol. The lowest BCUT2D eigenvalue weighted by Crippen LogP contribution is -2.22. The minimum Gasteiger partial charge on any atom is -0.472 e. The van der Waals surface area contributed by atoms with Crippen molar-refractivity contribution in [1.82, 2.24) is 0 Å². The molecule has 82 valence electrons. The molecule has 0 aliphatic rings. The highest BCUT2D eigenvalue weighted by atomic mass is 16.3. The van der Waals surface area contributed by atoms with Gasteiger partial charge < -0.3 is 15.5 Å². The van der Waals surface area contributed by atoms with E-state index in [1.54, 1.807) is 12.5 Å². The largest absolute Gasteiger partial charge is 0.472 e. The van der Waals surface area contributed by atoms with E-state index in [-0.39, 0.29) is 0 Å². The van der Waals surface area contributed by atoms with Crippen LogP contribution in [0.3, 0.4) is 0 Å². The second-order valence-electron chi connectivity index (χ2n) is 3.32. The summed E-state index contributed by atoms with van der Waals surface area (Å²) in [5.41, 5.74) is 7.66. The van der Waals surface area contributed by atoms with Gasteiger partial charge in [0, 0.05) is 11.3 Å². The summed E-state index contributed by atoms with van der Waals surface area (Å²) in [7, 11) is 0. The maximum Gasteiger partial charge on any atom is 0.193 e. The molecule has 0 atom stereocenters. The van der Waals surface area contributed by atoms with Gasteiger partial charge in [-0.3, -0.25) is 0 Å². The number of hydrogen-bond donors (Lipinski definition) is 2. The number of hydrogen-bond acceptors (Lipinski definition) is 2. The average Bonchev–Trinajstić information content (AvgIpc) is 2.81. The molecule has 0 radical (unpaired) electrons. The SMILES string of the molecule is NC(=NCc1ccoc1)Nc1ccccc1. The van der Waals surface area contributed by atoms with Crippen molar-refractivity contribution in [3.8, 4) is 0 Å². The molecular formula is C12H13N3O. The normalized spacial score (nSPS) is 11.4. The molecule has 0 saturated carbocycles. The third-order valence-corrected chi connectivity index (χ3v) is 2.06. The zero-order valence-electron chi connectivity index (χ0n) is 8.76. The summed E-state index contributed by atoms with van der Waals surface area (Å²) in [5.74, 6) is 0.396. The molecule has 1 heterocycles. The Kier molecular flexibility index (Phi) is 3.23. The third kappa shape index (κ3) is 2.88. The molecule has 0 amide bonds. The Morgan fingerprint density at radius 3 is 2.75 bits per heavy atom. The number of nitrogens with two attached hydrogens (primary N) is 1. The second kappa shape index (κ2) is 5.02. The molecule has 0 fully saturated rings. The Morgan fingerprint density at radius 1 is 1.25 bits per heavy atom. The van der Waals surface area contributed by atoms with Crippen molar-refractivity contribution in [3.63, 3.8) is 0 Å². The summed E-state index contributed by atoms with van der Waals surface area (Å²) in [6.07, 6.45) is 3.27. The van der Waals surface area contributed by atoms with Gasteiger partial charge in [0.05, 0.1) is 19.1 Å². The van der Waals surface area contributed by atoms with Crippen LogP contribution in [0.2, 0.25) is 0 Å². The lowest BCUT2D eigenvalue weighted by atomic mass is 10.3. The van der Waals surface area contributed by atoms with E-state index in [0.29, 0.717) is 12.5 Å². The van der Waals surface area contributed by atoms with Gasteiger partial charge in [-0.2, -0.15) is 0 Å². The fraction of sp³-hybridized carbons (Fsp3) is 0.0833. The first-order chi connectivity index (χ1) is 7.84. The summed E-state index contributed by atoms with van der Waals surface area (Å²) in [6, 6.07) is 11.5. The van der Waals surface area contributed by atoms with Gasteiger partial charge in [0.25, 0.3) is 0 Å². The maximum atomic E-state index is 5.73. The first-order valence-corrected chi connectivity index (χ1v) is 4.97. The van der Waals surface area contributed by atoms with Crippen LogP contribution in [-0.4, -0.2) is 5.96 Å². The molecule has 0 aliphatic heterocycles. The number of furan rings is 1. The van der Waals surface area contributed by atoms with E-state index >= 15 is 0 Å². The topological polar surface area (TPSA) is 63.5 Å². The molecule has 4 heteroatoms. The van der Waals surface area contributed by atoms with Gasteiger partial charge in [-0.1, -0.05) is 18.2 Å². The fourth-order valence-corrected chi connectivity index (χ4v) is 1.27. The van der Waals surface area contributed by atoms with Crippen molar-refractivity contribution in [2.24, 2.45) is 10.7 Å². The Morgan fingerprint density at radius 2 is 2.06 bits per heavy atom. The highest BCUT2D eigenvalue weighted by Gasteiger charge is 1.95. The summed E-state index contributed by atoms with van der Waals surface area (Å²) in [5, 5.41) is 3.00. The van der Waals surface area contributed by atoms with E-state index in [9.17, 15) is 0 Å². The van der Waals surface area contributed by atoms with Crippen LogP contribution >= 0.6 is 0 Å². The standard InChI is InChI=1S/C12H13N3O/c13-12(14-8-10-6-7-16-9-10)15-11-4-2-1-3-5-11/h1-7,9H,8H2,(H3,13,14,15). The summed E-state index contributed by atoms with van der Waals surface area (Å²) < 4.78 is 4.93. The lowest BCUT2D eigenvalue weighted by Gasteiger charge is -2.04. The Hall–Kier alpha value is -2.23. The Balaban J connectivity index is 1.93. The van der Waals surface area contributed by atoms with Crippen LogP contribution in [-0.2, 0) is 6.54 Å². The molecule has 0 bridgehead atoms. The van der Waals surface area contributed by atoms with E-state index in [0.717, 1.165) is 11.3 Å². The molecule has 2 rings (SSSR count). The minimum atomic E-state index is 0.396. The molecule has 0 aliphatic carbocycles. The maximum absolute atomic E-state index is 5.73. The lowest BCUT2D eigenvalue weighted by molar-refractivity contribution is 0.564. The number of nitrogens with one attached hydrogen (secondary N) is 1. The number of nitrogens with zero attached hydrogens (tertiary/aromatic N) is 1. The van der Waals surface area contributed by atoms with Crippen molar-refractivity contribution in [1.29, 1.82) is 0 Å². The number of aliphatic imine (C=N–C) groups is 1. The van der Waals surface area contributed by atoms with E-state index in [1.165, 1.54) is 0 Å². The molecule has 0 saturated heterocycles. The Bertz CT molecular complexity index is 448. The van der Waals surface area contributed by atoms with Gasteiger partial charge in [-0.15, -0.1) is 0 Å². The molecule has 0 unspecified atom stereocenters. The summed E-state index contributed by atoms with van der Waals surface area (Å²) >= 11 is 0. The number of anilines is 1. The zero-order valence-corrected chi connectivity index (χ0v) is 8.76. The highest BCUT2D eigenvalue weighted by molar-refractivity contribution is 5.92. The quantitative estimate of drug-likeness (QED) is 0.609. The van der Waals surface area contributed by atoms with Crippen LogP contribution in [0.1, 0.15) is 5.56 Å². The van der Waals surface area contributed by atoms with Crippen LogP contribution in [0.15, 0.2) is 58.3 Å². The van der Waals surface area contributed by atoms with Gasteiger partial charge in [0.2, 0.25) is 0 Å². The summed E-state index contributed by atoms with van der Waals surface area (Å²) in [6.45, 7) is 0.516. The van der Waals surface area contributed by atoms with Crippen molar-refractivity contribution in [2.75, 3.05) is 5.32 Å². The fourth-order valence-electron chi connectivity index (χ4n) is 1.27. The predicted octanol–water partition coefficient (Wildman–Crippen LogP) is 2.21. The minimum absolute atomic E-state index is 0.396. The van der Waals surface area contributed by atoms with Gasteiger partial charge >= 0.3 is 0 Å². The van der Waals surface area contributed by atoms with E-state index in [1.807, 2.05) is 36.4 Å². The summed E-state index contributed by atoms with van der Waals surface area (Å²) in [4.78, 5) is 4.19. The van der Waals surface area contributed by atoms with Crippen molar-refractivity contribution in [2.45, 2.75) is 6.54 Å². The van der Waals surface area contributed by atoms with Gasteiger partial charge in [0.15, 0.2) is 5.96 Å². The molecule has 3 N–H and O–H groups in total. The molecular weight excluding hydrogens is 202 g/mol. The van der Waals surface area contributed by atoms with Crippen LogP contribution < -0.4 is 11.1 Å². The van der Waals surface area contributed by atoms with Crippen LogP contribution in [0.5, 0.6) is 0 Å². The van der Waals surface area contributed by atoms with Crippen LogP contribution in [0.25, 0.3) is 0 Å².